The highest BCUT2D eigenvalue weighted by molar-refractivity contribution is 5.80. The molecular formula is C24H33FN6. The van der Waals surface area contributed by atoms with E-state index in [1.54, 1.807) is 19.3 Å². The minimum absolute atomic E-state index is 0.206. The third kappa shape index (κ3) is 5.34. The Kier molecular flexibility index (Phi) is 7.02. The van der Waals surface area contributed by atoms with Crippen molar-refractivity contribution < 1.29 is 4.39 Å². The van der Waals surface area contributed by atoms with Crippen LogP contribution in [-0.4, -0.2) is 61.7 Å². The number of aliphatic imine (C=N–C) groups is 1. The first-order valence-corrected chi connectivity index (χ1v) is 11.3. The average Bonchev–Trinajstić information content (AvgIpc) is 3.47. The van der Waals surface area contributed by atoms with Crippen LogP contribution in [0.4, 0.5) is 10.2 Å². The zero-order valence-corrected chi connectivity index (χ0v) is 18.5. The van der Waals surface area contributed by atoms with Gasteiger partial charge in [-0.25, -0.2) is 9.37 Å². The van der Waals surface area contributed by atoms with Crippen molar-refractivity contribution >= 4 is 11.8 Å². The van der Waals surface area contributed by atoms with Crippen molar-refractivity contribution in [2.75, 3.05) is 44.7 Å². The van der Waals surface area contributed by atoms with Crippen LogP contribution >= 0.6 is 0 Å². The molecule has 2 fully saturated rings. The van der Waals surface area contributed by atoms with Crippen LogP contribution in [0.3, 0.4) is 0 Å². The number of aryl methyl sites for hydroxylation is 1. The molecule has 0 bridgehead atoms. The number of anilines is 1. The fourth-order valence-electron chi connectivity index (χ4n) is 4.56. The Morgan fingerprint density at radius 3 is 2.68 bits per heavy atom. The predicted molar refractivity (Wildman–Crippen MR) is 124 cm³/mol. The van der Waals surface area contributed by atoms with Crippen molar-refractivity contribution in [1.29, 1.82) is 0 Å². The van der Waals surface area contributed by atoms with E-state index in [9.17, 15) is 4.39 Å². The van der Waals surface area contributed by atoms with Gasteiger partial charge in [0.05, 0.1) is 6.04 Å². The maximum Gasteiger partial charge on any atom is 0.191 e. The van der Waals surface area contributed by atoms with E-state index >= 15 is 0 Å². The number of nitrogens with zero attached hydrogens (tertiary/aromatic N) is 4. The molecular weight excluding hydrogens is 391 g/mol. The third-order valence-electron chi connectivity index (χ3n) is 6.30. The zero-order chi connectivity index (χ0) is 21.6. The Morgan fingerprint density at radius 1 is 1.19 bits per heavy atom. The number of benzene rings is 1. The lowest BCUT2D eigenvalue weighted by Gasteiger charge is -2.29. The SMILES string of the molecule is CN=C(NCC(c1ccc(C)cc1)N1CCCC1)NC1CCN(c2ncccc2F)C1. The quantitative estimate of drug-likeness (QED) is 0.551. The molecule has 2 aliphatic rings. The summed E-state index contributed by atoms with van der Waals surface area (Å²) in [5, 5.41) is 7.06. The van der Waals surface area contributed by atoms with Crippen LogP contribution in [0.15, 0.2) is 47.6 Å². The van der Waals surface area contributed by atoms with Crippen LogP contribution < -0.4 is 15.5 Å². The number of rotatable bonds is 6. The van der Waals surface area contributed by atoms with E-state index in [1.807, 2.05) is 4.90 Å². The number of nitrogens with one attached hydrogen (secondary N) is 2. The summed E-state index contributed by atoms with van der Waals surface area (Å²) in [4.78, 5) is 13.2. The van der Waals surface area contributed by atoms with Crippen molar-refractivity contribution in [1.82, 2.24) is 20.5 Å². The van der Waals surface area contributed by atoms with Crippen molar-refractivity contribution in [3.63, 3.8) is 0 Å². The van der Waals surface area contributed by atoms with Gasteiger partial charge in [0.25, 0.3) is 0 Å². The molecule has 31 heavy (non-hydrogen) atoms. The fourth-order valence-corrected chi connectivity index (χ4v) is 4.56. The summed E-state index contributed by atoms with van der Waals surface area (Å²) in [6.07, 6.45) is 5.09. The smallest absolute Gasteiger partial charge is 0.191 e. The van der Waals surface area contributed by atoms with Gasteiger partial charge in [-0.2, -0.15) is 0 Å². The summed E-state index contributed by atoms with van der Waals surface area (Å²) in [5.74, 6) is 0.963. The molecule has 4 rings (SSSR count). The Morgan fingerprint density at radius 2 is 1.97 bits per heavy atom. The van der Waals surface area contributed by atoms with Crippen LogP contribution in [0.1, 0.15) is 36.4 Å². The average molecular weight is 425 g/mol. The molecule has 2 aromatic rings. The van der Waals surface area contributed by atoms with Crippen LogP contribution in [0.25, 0.3) is 0 Å². The minimum atomic E-state index is -0.266. The fraction of sp³-hybridized carbons (Fsp3) is 0.500. The van der Waals surface area contributed by atoms with E-state index in [-0.39, 0.29) is 11.9 Å². The molecule has 3 heterocycles. The van der Waals surface area contributed by atoms with Crippen LogP contribution in [0, 0.1) is 12.7 Å². The molecule has 2 saturated heterocycles. The standard InChI is InChI=1S/C24H33FN6/c1-18-7-9-19(10-8-18)22(30-13-3-4-14-30)16-28-24(26-2)29-20-11-15-31(17-20)23-21(25)6-5-12-27-23/h5-10,12,20,22H,3-4,11,13-17H2,1-2H3,(H2,26,28,29). The highest BCUT2D eigenvalue weighted by Gasteiger charge is 2.27. The number of guanidine groups is 1. The van der Waals surface area contributed by atoms with Crippen LogP contribution in [0.5, 0.6) is 0 Å². The minimum Gasteiger partial charge on any atom is -0.354 e. The number of pyridine rings is 1. The molecule has 166 valence electrons. The first kappa shape index (κ1) is 21.6. The molecule has 2 unspecified atom stereocenters. The lowest BCUT2D eigenvalue weighted by molar-refractivity contribution is 0.245. The molecule has 1 aromatic carbocycles. The Bertz CT molecular complexity index is 878. The van der Waals surface area contributed by atoms with Gasteiger partial charge in [-0.1, -0.05) is 29.8 Å². The van der Waals surface area contributed by atoms with Gasteiger partial charge in [-0.05, 0) is 57.0 Å². The molecule has 6 nitrogen and oxygen atoms in total. The van der Waals surface area contributed by atoms with Gasteiger partial charge in [0, 0.05) is 38.9 Å². The van der Waals surface area contributed by atoms with Gasteiger partial charge in [0.15, 0.2) is 17.6 Å². The van der Waals surface area contributed by atoms with E-state index in [0.29, 0.717) is 18.4 Å². The maximum absolute atomic E-state index is 14.1. The molecule has 0 spiro atoms. The lowest BCUT2D eigenvalue weighted by atomic mass is 10.0. The normalized spacial score (nSPS) is 20.8. The summed E-state index contributed by atoms with van der Waals surface area (Å²) in [7, 11) is 1.80. The summed E-state index contributed by atoms with van der Waals surface area (Å²) < 4.78 is 14.1. The van der Waals surface area contributed by atoms with Gasteiger partial charge >= 0.3 is 0 Å². The van der Waals surface area contributed by atoms with Crippen molar-refractivity contribution in [2.45, 2.75) is 38.3 Å². The van der Waals surface area contributed by atoms with Gasteiger partial charge in [0.1, 0.15) is 0 Å². The highest BCUT2D eigenvalue weighted by atomic mass is 19.1. The molecule has 2 atom stereocenters. The molecule has 0 saturated carbocycles. The number of likely N-dealkylation sites (tertiary alicyclic amines) is 1. The molecule has 0 radical (unpaired) electrons. The lowest BCUT2D eigenvalue weighted by Crippen LogP contribution is -2.47. The molecule has 0 amide bonds. The molecule has 2 aliphatic heterocycles. The second-order valence-corrected chi connectivity index (χ2v) is 8.51. The second kappa shape index (κ2) is 10.1. The van der Waals surface area contributed by atoms with E-state index in [2.05, 4.69) is 56.7 Å². The topological polar surface area (TPSA) is 55.8 Å². The van der Waals surface area contributed by atoms with Crippen LogP contribution in [0.2, 0.25) is 0 Å². The first-order valence-electron chi connectivity index (χ1n) is 11.3. The number of hydrogen-bond donors (Lipinski definition) is 2. The number of aromatic nitrogens is 1. The summed E-state index contributed by atoms with van der Waals surface area (Å²) in [5.41, 5.74) is 2.62. The van der Waals surface area contributed by atoms with E-state index < -0.39 is 0 Å². The summed E-state index contributed by atoms with van der Waals surface area (Å²) in [6, 6.07) is 12.5. The van der Waals surface area contributed by atoms with Crippen molar-refractivity contribution in [2.24, 2.45) is 4.99 Å². The van der Waals surface area contributed by atoms with Crippen LogP contribution in [-0.2, 0) is 0 Å². The summed E-state index contributed by atoms with van der Waals surface area (Å²) in [6.45, 7) is 6.69. The maximum atomic E-state index is 14.1. The largest absolute Gasteiger partial charge is 0.354 e. The zero-order valence-electron chi connectivity index (χ0n) is 18.5. The summed E-state index contributed by atoms with van der Waals surface area (Å²) >= 11 is 0. The van der Waals surface area contributed by atoms with Gasteiger partial charge in [0.2, 0.25) is 0 Å². The first-order chi connectivity index (χ1) is 15.1. The highest BCUT2D eigenvalue weighted by Crippen LogP contribution is 2.25. The molecule has 0 aliphatic carbocycles. The third-order valence-corrected chi connectivity index (χ3v) is 6.30. The van der Waals surface area contributed by atoms with Gasteiger partial charge in [-0.3, -0.25) is 9.89 Å². The molecule has 1 aromatic heterocycles. The Hall–Kier alpha value is -2.67. The molecule has 2 N–H and O–H groups in total. The second-order valence-electron chi connectivity index (χ2n) is 8.51. The number of halogens is 1. The van der Waals surface area contributed by atoms with Crippen molar-refractivity contribution in [3.8, 4) is 0 Å². The van der Waals surface area contributed by atoms with E-state index in [4.69, 9.17) is 0 Å². The van der Waals surface area contributed by atoms with E-state index in [1.165, 1.54) is 30.0 Å². The van der Waals surface area contributed by atoms with Gasteiger partial charge < -0.3 is 15.5 Å². The monoisotopic (exact) mass is 424 g/mol. The Balaban J connectivity index is 1.36. The van der Waals surface area contributed by atoms with Crippen molar-refractivity contribution in [3.05, 3.63) is 59.5 Å². The predicted octanol–water partition coefficient (Wildman–Crippen LogP) is 3.11. The van der Waals surface area contributed by atoms with Gasteiger partial charge in [-0.15, -0.1) is 0 Å². The Labute approximate surface area is 184 Å². The molecule has 7 heteroatoms. The number of hydrogen-bond acceptors (Lipinski definition) is 4. The van der Waals surface area contributed by atoms with E-state index in [0.717, 1.165) is 38.6 Å².